The summed E-state index contributed by atoms with van der Waals surface area (Å²) in [6, 6.07) is 8.20. The van der Waals surface area contributed by atoms with Crippen LogP contribution in [0, 0.1) is 0 Å². The second-order valence-electron chi connectivity index (χ2n) is 4.23. The molecule has 1 aromatic carbocycles. The van der Waals surface area contributed by atoms with Gasteiger partial charge < -0.3 is 9.57 Å². The average Bonchev–Trinajstić information content (AvgIpc) is 2.38. The predicted molar refractivity (Wildman–Crippen MR) is 71.3 cm³/mol. The summed E-state index contributed by atoms with van der Waals surface area (Å²) in [5, 5.41) is 0. The average molecular weight is 253 g/mol. The summed E-state index contributed by atoms with van der Waals surface area (Å²) in [7, 11) is 0. The molecule has 0 aliphatic carbocycles. The van der Waals surface area contributed by atoms with Crippen molar-refractivity contribution in [3.8, 4) is 5.75 Å². The van der Waals surface area contributed by atoms with E-state index in [0.717, 1.165) is 17.9 Å². The molecule has 1 atom stereocenters. The Hall–Kier alpha value is -0.710. The van der Waals surface area contributed by atoms with E-state index in [1.54, 1.807) is 0 Å². The Balaban J connectivity index is 1.90. The highest BCUT2D eigenvalue weighted by molar-refractivity contribution is 7.99. The summed E-state index contributed by atoms with van der Waals surface area (Å²) >= 11 is 1.98. The Labute approximate surface area is 107 Å². The number of benzene rings is 1. The van der Waals surface area contributed by atoms with Gasteiger partial charge in [-0.1, -0.05) is 12.1 Å². The number of nitrogens with two attached hydrogens (primary N) is 1. The van der Waals surface area contributed by atoms with Crippen LogP contribution in [0.25, 0.3) is 0 Å². The fraction of sp³-hybridized carbons (Fsp3) is 0.538. The number of hydrogen-bond acceptors (Lipinski definition) is 4. The van der Waals surface area contributed by atoms with E-state index >= 15 is 0 Å². The molecule has 0 saturated carbocycles. The SMILES string of the molecule is NOCCc1cccc(OC2CCCSC2)c1. The molecule has 1 heterocycles. The minimum Gasteiger partial charge on any atom is -0.490 e. The molecule has 1 unspecified atom stereocenters. The van der Waals surface area contributed by atoms with Gasteiger partial charge in [-0.25, -0.2) is 5.90 Å². The first-order valence-electron chi connectivity index (χ1n) is 6.03. The number of thioether (sulfide) groups is 1. The number of hydrogen-bond donors (Lipinski definition) is 1. The van der Waals surface area contributed by atoms with E-state index in [0.29, 0.717) is 12.7 Å². The predicted octanol–water partition coefficient (Wildman–Crippen LogP) is 2.39. The molecular weight excluding hydrogens is 234 g/mol. The zero-order valence-corrected chi connectivity index (χ0v) is 10.7. The largest absolute Gasteiger partial charge is 0.490 e. The van der Waals surface area contributed by atoms with Crippen LogP contribution < -0.4 is 10.6 Å². The summed E-state index contributed by atoms with van der Waals surface area (Å²) in [5.74, 6) is 8.37. The lowest BCUT2D eigenvalue weighted by atomic mass is 10.1. The molecule has 1 fully saturated rings. The van der Waals surface area contributed by atoms with Crippen LogP contribution >= 0.6 is 11.8 Å². The highest BCUT2D eigenvalue weighted by Gasteiger charge is 2.15. The molecule has 1 aliphatic heterocycles. The van der Waals surface area contributed by atoms with Crippen LogP contribution in [0.2, 0.25) is 0 Å². The van der Waals surface area contributed by atoms with Gasteiger partial charge in [-0.05, 0) is 42.7 Å². The Morgan fingerprint density at radius 1 is 1.41 bits per heavy atom. The van der Waals surface area contributed by atoms with Crippen LogP contribution in [-0.4, -0.2) is 24.2 Å². The van der Waals surface area contributed by atoms with Crippen molar-refractivity contribution < 1.29 is 9.57 Å². The van der Waals surface area contributed by atoms with Crippen molar-refractivity contribution in [2.45, 2.75) is 25.4 Å². The van der Waals surface area contributed by atoms with Gasteiger partial charge in [-0.3, -0.25) is 0 Å². The molecule has 0 radical (unpaired) electrons. The third-order valence-corrected chi connectivity index (χ3v) is 4.01. The first-order chi connectivity index (χ1) is 8.38. The lowest BCUT2D eigenvalue weighted by molar-refractivity contribution is 0.141. The van der Waals surface area contributed by atoms with Gasteiger partial charge >= 0.3 is 0 Å². The number of rotatable bonds is 5. The molecule has 1 aliphatic rings. The quantitative estimate of drug-likeness (QED) is 0.818. The Morgan fingerprint density at radius 3 is 3.12 bits per heavy atom. The van der Waals surface area contributed by atoms with Crippen LogP contribution in [0.5, 0.6) is 5.75 Å². The minimum atomic E-state index is 0.370. The fourth-order valence-corrected chi connectivity index (χ4v) is 2.98. The van der Waals surface area contributed by atoms with Crippen LogP contribution in [0.3, 0.4) is 0 Å². The Bertz CT molecular complexity index is 340. The molecule has 1 saturated heterocycles. The van der Waals surface area contributed by atoms with E-state index < -0.39 is 0 Å². The van der Waals surface area contributed by atoms with E-state index in [-0.39, 0.29) is 0 Å². The molecule has 3 nitrogen and oxygen atoms in total. The van der Waals surface area contributed by atoms with Crippen molar-refractivity contribution >= 4 is 11.8 Å². The molecule has 2 N–H and O–H groups in total. The van der Waals surface area contributed by atoms with Crippen molar-refractivity contribution in [2.75, 3.05) is 18.1 Å². The Kier molecular flexibility index (Phi) is 5.16. The van der Waals surface area contributed by atoms with Gasteiger partial charge in [0, 0.05) is 5.75 Å². The maximum absolute atomic E-state index is 5.98. The van der Waals surface area contributed by atoms with Crippen molar-refractivity contribution in [1.82, 2.24) is 0 Å². The van der Waals surface area contributed by atoms with Crippen molar-refractivity contribution in [1.29, 1.82) is 0 Å². The van der Waals surface area contributed by atoms with Gasteiger partial charge in [0.25, 0.3) is 0 Å². The highest BCUT2D eigenvalue weighted by Crippen LogP contribution is 2.23. The molecular formula is C13H19NO2S. The second kappa shape index (κ2) is 6.89. The summed E-state index contributed by atoms with van der Waals surface area (Å²) in [4.78, 5) is 4.59. The van der Waals surface area contributed by atoms with Crippen LogP contribution in [-0.2, 0) is 11.3 Å². The van der Waals surface area contributed by atoms with Crippen molar-refractivity contribution in [3.05, 3.63) is 29.8 Å². The zero-order valence-electron chi connectivity index (χ0n) is 9.93. The molecule has 0 bridgehead atoms. The molecule has 17 heavy (non-hydrogen) atoms. The molecule has 4 heteroatoms. The summed E-state index contributed by atoms with van der Waals surface area (Å²) in [6.45, 7) is 0.544. The van der Waals surface area contributed by atoms with Crippen LogP contribution in [0.4, 0.5) is 0 Å². The fourth-order valence-electron chi connectivity index (χ4n) is 1.95. The monoisotopic (exact) mass is 253 g/mol. The lowest BCUT2D eigenvalue weighted by Crippen LogP contribution is -2.23. The summed E-state index contributed by atoms with van der Waals surface area (Å²) < 4.78 is 5.98. The van der Waals surface area contributed by atoms with Gasteiger partial charge in [0.1, 0.15) is 11.9 Å². The molecule has 2 rings (SSSR count). The maximum Gasteiger partial charge on any atom is 0.120 e. The van der Waals surface area contributed by atoms with Gasteiger partial charge in [0.05, 0.1) is 6.61 Å². The third-order valence-electron chi connectivity index (χ3n) is 2.83. The van der Waals surface area contributed by atoms with Gasteiger partial charge in [0.2, 0.25) is 0 Å². The van der Waals surface area contributed by atoms with Crippen molar-refractivity contribution in [2.24, 2.45) is 5.90 Å². The normalized spacial score (nSPS) is 20.2. The van der Waals surface area contributed by atoms with Crippen LogP contribution in [0.15, 0.2) is 24.3 Å². The van der Waals surface area contributed by atoms with E-state index in [9.17, 15) is 0 Å². The molecule has 0 aromatic heterocycles. The van der Waals surface area contributed by atoms with E-state index in [2.05, 4.69) is 17.0 Å². The van der Waals surface area contributed by atoms with E-state index in [4.69, 9.17) is 10.6 Å². The van der Waals surface area contributed by atoms with E-state index in [1.165, 1.54) is 24.2 Å². The summed E-state index contributed by atoms with van der Waals surface area (Å²) in [5.41, 5.74) is 1.21. The lowest BCUT2D eigenvalue weighted by Gasteiger charge is -2.22. The van der Waals surface area contributed by atoms with E-state index in [1.807, 2.05) is 23.9 Å². The summed E-state index contributed by atoms with van der Waals surface area (Å²) in [6.07, 6.45) is 3.63. The van der Waals surface area contributed by atoms with Crippen molar-refractivity contribution in [3.63, 3.8) is 0 Å². The molecule has 0 spiro atoms. The molecule has 94 valence electrons. The maximum atomic E-state index is 5.98. The first-order valence-corrected chi connectivity index (χ1v) is 7.19. The molecule has 1 aromatic rings. The first kappa shape index (κ1) is 12.7. The highest BCUT2D eigenvalue weighted by atomic mass is 32.2. The topological polar surface area (TPSA) is 44.5 Å². The zero-order chi connectivity index (χ0) is 11.9. The smallest absolute Gasteiger partial charge is 0.120 e. The van der Waals surface area contributed by atoms with Gasteiger partial charge in [-0.2, -0.15) is 11.8 Å². The molecule has 0 amide bonds. The minimum absolute atomic E-state index is 0.370. The Morgan fingerprint density at radius 2 is 2.35 bits per heavy atom. The number of ether oxygens (including phenoxy) is 1. The van der Waals surface area contributed by atoms with Gasteiger partial charge in [0.15, 0.2) is 0 Å². The third kappa shape index (κ3) is 4.22. The van der Waals surface area contributed by atoms with Gasteiger partial charge in [-0.15, -0.1) is 0 Å². The standard InChI is InChI=1S/C13H19NO2S/c14-15-7-6-11-3-1-4-12(9-11)16-13-5-2-8-17-10-13/h1,3-4,9,13H,2,5-8,10,14H2. The second-order valence-corrected chi connectivity index (χ2v) is 5.38. The van der Waals surface area contributed by atoms with Crippen LogP contribution in [0.1, 0.15) is 18.4 Å².